The first-order valence-electron chi connectivity index (χ1n) is 9.56. The molecular formula is C19H29N3O7S. The highest BCUT2D eigenvalue weighted by Gasteiger charge is 2.34. The molecule has 11 heteroatoms. The van der Waals surface area contributed by atoms with Gasteiger partial charge in [0.2, 0.25) is 15.9 Å². The van der Waals surface area contributed by atoms with Crippen LogP contribution in [-0.2, 0) is 19.6 Å². The Hall–Kier alpha value is -2.69. The van der Waals surface area contributed by atoms with Crippen molar-refractivity contribution in [3.05, 3.63) is 18.2 Å². The fraction of sp³-hybridized carbons (Fsp3) is 0.579. The van der Waals surface area contributed by atoms with Gasteiger partial charge in [-0.1, -0.05) is 0 Å². The number of carbonyl (C=O) groups excluding carboxylic acids is 2. The van der Waals surface area contributed by atoms with Crippen molar-refractivity contribution in [1.29, 1.82) is 0 Å². The van der Waals surface area contributed by atoms with Crippen molar-refractivity contribution in [1.82, 2.24) is 9.80 Å². The number of amides is 2. The van der Waals surface area contributed by atoms with E-state index >= 15 is 0 Å². The molecule has 0 radical (unpaired) electrons. The number of nitrogens with zero attached hydrogens (tertiary/aromatic N) is 3. The number of hydrogen-bond acceptors (Lipinski definition) is 7. The predicted molar refractivity (Wildman–Crippen MR) is 112 cm³/mol. The van der Waals surface area contributed by atoms with Crippen molar-refractivity contribution in [3.63, 3.8) is 0 Å². The van der Waals surface area contributed by atoms with Crippen molar-refractivity contribution >= 4 is 27.7 Å². The van der Waals surface area contributed by atoms with Crippen LogP contribution in [0, 0.1) is 0 Å². The van der Waals surface area contributed by atoms with E-state index in [0.717, 1.165) is 10.6 Å². The Morgan fingerprint density at radius 3 is 2.13 bits per heavy atom. The van der Waals surface area contributed by atoms with Crippen molar-refractivity contribution in [2.75, 3.05) is 57.6 Å². The Morgan fingerprint density at radius 1 is 1.07 bits per heavy atom. The largest absolute Gasteiger partial charge is 0.493 e. The minimum Gasteiger partial charge on any atom is -0.493 e. The average Bonchev–Trinajstić information content (AvgIpc) is 2.72. The van der Waals surface area contributed by atoms with Gasteiger partial charge in [0.1, 0.15) is 6.04 Å². The van der Waals surface area contributed by atoms with Gasteiger partial charge in [0, 0.05) is 32.2 Å². The van der Waals surface area contributed by atoms with Crippen LogP contribution in [0.1, 0.15) is 13.8 Å². The number of methoxy groups -OCH3 is 2. The molecule has 1 atom stereocenters. The second kappa shape index (κ2) is 9.88. The summed E-state index contributed by atoms with van der Waals surface area (Å²) in [6, 6.07) is 3.68. The molecule has 1 heterocycles. The summed E-state index contributed by atoms with van der Waals surface area (Å²) in [6.07, 6.45) is 0.632. The van der Waals surface area contributed by atoms with Gasteiger partial charge >= 0.3 is 6.09 Å². The summed E-state index contributed by atoms with van der Waals surface area (Å²) in [5.74, 6) is 0.453. The van der Waals surface area contributed by atoms with Crippen LogP contribution in [0.15, 0.2) is 18.2 Å². The fourth-order valence-corrected chi connectivity index (χ4v) is 4.51. The first kappa shape index (κ1) is 23.6. The lowest BCUT2D eigenvalue weighted by molar-refractivity contribution is -0.133. The molecule has 0 bridgehead atoms. The van der Waals surface area contributed by atoms with E-state index in [9.17, 15) is 18.0 Å². The number of benzene rings is 1. The lowest BCUT2D eigenvalue weighted by Crippen LogP contribution is -2.56. The highest BCUT2D eigenvalue weighted by molar-refractivity contribution is 7.92. The smallest absolute Gasteiger partial charge is 0.409 e. The zero-order valence-corrected chi connectivity index (χ0v) is 18.8. The number of rotatable bonds is 7. The number of ether oxygens (including phenoxy) is 3. The third-order valence-corrected chi connectivity index (χ3v) is 6.05. The molecule has 1 aliphatic heterocycles. The van der Waals surface area contributed by atoms with Gasteiger partial charge in [0.15, 0.2) is 11.5 Å². The molecule has 1 fully saturated rings. The maximum atomic E-state index is 13.1. The molecule has 0 N–H and O–H groups in total. The van der Waals surface area contributed by atoms with Crippen LogP contribution in [0.3, 0.4) is 0 Å². The van der Waals surface area contributed by atoms with Crippen LogP contribution in [0.25, 0.3) is 0 Å². The summed E-state index contributed by atoms with van der Waals surface area (Å²) in [7, 11) is -0.844. The van der Waals surface area contributed by atoms with E-state index in [2.05, 4.69) is 0 Å². The zero-order chi connectivity index (χ0) is 22.5. The molecule has 1 aromatic rings. The van der Waals surface area contributed by atoms with E-state index < -0.39 is 22.2 Å². The molecule has 1 aliphatic rings. The number of carbonyl (C=O) groups is 2. The monoisotopic (exact) mass is 443 g/mol. The van der Waals surface area contributed by atoms with E-state index in [-0.39, 0.29) is 12.5 Å². The van der Waals surface area contributed by atoms with Crippen molar-refractivity contribution in [2.24, 2.45) is 0 Å². The lowest BCUT2D eigenvalue weighted by atomic mass is 10.2. The normalized spacial score (nSPS) is 15.4. The third kappa shape index (κ3) is 5.26. The molecule has 168 valence electrons. The topological polar surface area (TPSA) is 106 Å². The summed E-state index contributed by atoms with van der Waals surface area (Å²) in [5, 5.41) is 0. The number of sulfonamides is 1. The molecule has 0 aromatic heterocycles. The van der Waals surface area contributed by atoms with Gasteiger partial charge in [-0.3, -0.25) is 9.10 Å². The van der Waals surface area contributed by atoms with Crippen LogP contribution >= 0.6 is 0 Å². The summed E-state index contributed by atoms with van der Waals surface area (Å²) in [6.45, 7) is 4.80. The first-order valence-corrected chi connectivity index (χ1v) is 11.4. The van der Waals surface area contributed by atoms with Crippen LogP contribution in [-0.4, -0.2) is 89.5 Å². The Morgan fingerprint density at radius 2 is 1.63 bits per heavy atom. The lowest BCUT2D eigenvalue weighted by Gasteiger charge is -2.37. The molecule has 0 spiro atoms. The second-order valence-corrected chi connectivity index (χ2v) is 8.64. The fourth-order valence-electron chi connectivity index (χ4n) is 3.35. The van der Waals surface area contributed by atoms with Gasteiger partial charge in [-0.25, -0.2) is 13.2 Å². The van der Waals surface area contributed by atoms with Crippen LogP contribution in [0.4, 0.5) is 10.5 Å². The minimum atomic E-state index is -3.77. The van der Waals surface area contributed by atoms with Gasteiger partial charge in [-0.05, 0) is 26.0 Å². The molecule has 1 unspecified atom stereocenters. The maximum absolute atomic E-state index is 13.1. The Balaban J connectivity index is 2.21. The number of piperazine rings is 1. The highest BCUT2D eigenvalue weighted by Crippen LogP contribution is 2.33. The van der Waals surface area contributed by atoms with Crippen LogP contribution < -0.4 is 13.8 Å². The molecule has 30 heavy (non-hydrogen) atoms. The third-order valence-electron chi connectivity index (χ3n) is 4.81. The maximum Gasteiger partial charge on any atom is 0.409 e. The summed E-state index contributed by atoms with van der Waals surface area (Å²) in [5.41, 5.74) is 0.293. The van der Waals surface area contributed by atoms with Gasteiger partial charge in [-0.2, -0.15) is 0 Å². The van der Waals surface area contributed by atoms with Gasteiger partial charge in [0.05, 0.1) is 32.8 Å². The molecule has 0 saturated carbocycles. The van der Waals surface area contributed by atoms with Gasteiger partial charge < -0.3 is 24.0 Å². The highest BCUT2D eigenvalue weighted by atomic mass is 32.2. The van der Waals surface area contributed by atoms with E-state index in [1.54, 1.807) is 24.0 Å². The quantitative estimate of drug-likeness (QED) is 0.623. The summed E-state index contributed by atoms with van der Waals surface area (Å²) < 4.78 is 41.6. The van der Waals surface area contributed by atoms with E-state index in [4.69, 9.17) is 14.2 Å². The Bertz CT molecular complexity index is 867. The minimum absolute atomic E-state index is 0.281. The molecule has 2 amide bonds. The molecule has 1 aromatic carbocycles. The predicted octanol–water partition coefficient (Wildman–Crippen LogP) is 1.16. The Labute approximate surface area is 177 Å². The summed E-state index contributed by atoms with van der Waals surface area (Å²) in [4.78, 5) is 28.0. The SMILES string of the molecule is CCOC(=O)N1CCN(C(=O)C(C)N(c2ccc(OC)c(OC)c2)S(C)(=O)=O)CC1. The van der Waals surface area contributed by atoms with Gasteiger partial charge in [-0.15, -0.1) is 0 Å². The van der Waals surface area contributed by atoms with Crippen molar-refractivity contribution in [3.8, 4) is 11.5 Å². The summed E-state index contributed by atoms with van der Waals surface area (Å²) >= 11 is 0. The number of hydrogen-bond donors (Lipinski definition) is 0. The van der Waals surface area contributed by atoms with Crippen molar-refractivity contribution < 1.29 is 32.2 Å². The Kier molecular flexibility index (Phi) is 7.77. The van der Waals surface area contributed by atoms with E-state index in [1.165, 1.54) is 32.1 Å². The van der Waals surface area contributed by atoms with Crippen LogP contribution in [0.2, 0.25) is 0 Å². The standard InChI is InChI=1S/C19H29N3O7S/c1-6-29-19(24)21-11-9-20(10-12-21)18(23)14(2)22(30(5,25)26)15-7-8-16(27-3)17(13-15)28-4/h7-8,13-14H,6,9-12H2,1-5H3. The number of anilines is 1. The van der Waals surface area contributed by atoms with Crippen molar-refractivity contribution in [2.45, 2.75) is 19.9 Å². The molecule has 2 rings (SSSR count). The van der Waals surface area contributed by atoms with Gasteiger partial charge in [0.25, 0.3) is 0 Å². The second-order valence-electron chi connectivity index (χ2n) is 6.79. The van der Waals surface area contributed by atoms with E-state index in [0.29, 0.717) is 43.4 Å². The van der Waals surface area contributed by atoms with Crippen LogP contribution in [0.5, 0.6) is 11.5 Å². The average molecular weight is 444 g/mol. The zero-order valence-electron chi connectivity index (χ0n) is 18.0. The van der Waals surface area contributed by atoms with E-state index in [1.807, 2.05) is 0 Å². The molecule has 0 aliphatic carbocycles. The first-order chi connectivity index (χ1) is 14.1. The molecule has 1 saturated heterocycles. The molecule has 10 nitrogen and oxygen atoms in total. The molecular weight excluding hydrogens is 414 g/mol.